The molecule has 0 saturated carbocycles. The van der Waals surface area contributed by atoms with Crippen LogP contribution < -0.4 is 9.64 Å². The normalized spacial score (nSPS) is 17.8. The first kappa shape index (κ1) is 17.6. The van der Waals surface area contributed by atoms with Gasteiger partial charge in [0, 0.05) is 25.1 Å². The van der Waals surface area contributed by atoms with Crippen molar-refractivity contribution in [2.45, 2.75) is 53.1 Å². The number of aliphatic hydroxyl groups is 1. The van der Waals surface area contributed by atoms with Crippen molar-refractivity contribution in [1.82, 2.24) is 0 Å². The molecule has 128 valence electrons. The third kappa shape index (κ3) is 4.14. The number of nitrogens with zero attached hydrogens (tertiary/aromatic N) is 1. The summed E-state index contributed by atoms with van der Waals surface area (Å²) in [7, 11) is 0. The number of anilines is 1. The molecule has 2 N–H and O–H groups in total. The zero-order chi connectivity index (χ0) is 17.4. The van der Waals surface area contributed by atoms with Gasteiger partial charge in [0.25, 0.3) is 0 Å². The number of fused-ring (bicyclic) bond motifs is 1. The van der Waals surface area contributed by atoms with Gasteiger partial charge in [-0.3, -0.25) is 4.90 Å². The van der Waals surface area contributed by atoms with Crippen molar-refractivity contribution < 1.29 is 24.5 Å². The monoisotopic (exact) mass is 323 g/mol. The molecule has 0 aromatic heterocycles. The Bertz CT molecular complexity index is 591. The highest BCUT2D eigenvalue weighted by Crippen LogP contribution is 2.34. The van der Waals surface area contributed by atoms with E-state index < -0.39 is 23.4 Å². The van der Waals surface area contributed by atoms with Crippen molar-refractivity contribution in [1.29, 1.82) is 0 Å². The second kappa shape index (κ2) is 6.02. The van der Waals surface area contributed by atoms with Gasteiger partial charge in [-0.05, 0) is 23.6 Å². The van der Waals surface area contributed by atoms with Gasteiger partial charge in [-0.1, -0.05) is 20.8 Å². The SMILES string of the molecule is CC1(C)OCc2cc(N(CC(O)C(C)(C)C)C(=O)O)ccc2O1. The lowest BCUT2D eigenvalue weighted by Gasteiger charge is -2.34. The lowest BCUT2D eigenvalue weighted by Crippen LogP contribution is -2.42. The smallest absolute Gasteiger partial charge is 0.411 e. The van der Waals surface area contributed by atoms with Crippen LogP contribution >= 0.6 is 0 Å². The van der Waals surface area contributed by atoms with Crippen LogP contribution in [0.1, 0.15) is 40.2 Å². The van der Waals surface area contributed by atoms with Gasteiger partial charge in [-0.2, -0.15) is 0 Å². The van der Waals surface area contributed by atoms with E-state index in [1.54, 1.807) is 18.2 Å². The van der Waals surface area contributed by atoms with Gasteiger partial charge in [0.15, 0.2) is 0 Å². The summed E-state index contributed by atoms with van der Waals surface area (Å²) >= 11 is 0. The van der Waals surface area contributed by atoms with E-state index in [1.807, 2.05) is 34.6 Å². The summed E-state index contributed by atoms with van der Waals surface area (Å²) in [5.74, 6) is -0.00427. The summed E-state index contributed by atoms with van der Waals surface area (Å²) in [5.41, 5.74) is 0.878. The number of hydrogen-bond acceptors (Lipinski definition) is 4. The molecule has 0 radical (unpaired) electrons. The highest BCUT2D eigenvalue weighted by molar-refractivity contribution is 5.86. The summed E-state index contributed by atoms with van der Waals surface area (Å²) in [6.07, 6.45) is -1.88. The summed E-state index contributed by atoms with van der Waals surface area (Å²) in [4.78, 5) is 12.7. The molecule has 23 heavy (non-hydrogen) atoms. The van der Waals surface area contributed by atoms with E-state index in [-0.39, 0.29) is 6.54 Å². The van der Waals surface area contributed by atoms with Crippen molar-refractivity contribution in [3.8, 4) is 5.75 Å². The summed E-state index contributed by atoms with van der Waals surface area (Å²) in [5, 5.41) is 19.7. The lowest BCUT2D eigenvalue weighted by atomic mass is 9.89. The molecule has 2 rings (SSSR count). The van der Waals surface area contributed by atoms with Crippen LogP contribution in [-0.4, -0.2) is 34.7 Å². The minimum absolute atomic E-state index is 0.00479. The van der Waals surface area contributed by atoms with Crippen LogP contribution in [0.2, 0.25) is 0 Å². The van der Waals surface area contributed by atoms with E-state index in [2.05, 4.69) is 0 Å². The van der Waals surface area contributed by atoms with E-state index in [0.29, 0.717) is 18.0 Å². The summed E-state index contributed by atoms with van der Waals surface area (Å²) in [6, 6.07) is 5.16. The van der Waals surface area contributed by atoms with Crippen LogP contribution in [0.3, 0.4) is 0 Å². The Morgan fingerprint density at radius 3 is 2.61 bits per heavy atom. The van der Waals surface area contributed by atoms with Crippen LogP contribution in [0.5, 0.6) is 5.75 Å². The largest absolute Gasteiger partial charge is 0.465 e. The maximum Gasteiger partial charge on any atom is 0.411 e. The molecule has 1 aromatic carbocycles. The fraction of sp³-hybridized carbons (Fsp3) is 0.588. The van der Waals surface area contributed by atoms with Crippen LogP contribution in [0.15, 0.2) is 18.2 Å². The molecule has 0 fully saturated rings. The van der Waals surface area contributed by atoms with Gasteiger partial charge in [0.2, 0.25) is 5.79 Å². The van der Waals surface area contributed by atoms with Gasteiger partial charge in [0.05, 0.1) is 19.3 Å². The van der Waals surface area contributed by atoms with E-state index in [0.717, 1.165) is 10.5 Å². The van der Waals surface area contributed by atoms with Gasteiger partial charge >= 0.3 is 6.09 Å². The van der Waals surface area contributed by atoms with Crippen LogP contribution in [0, 0.1) is 5.41 Å². The number of benzene rings is 1. The van der Waals surface area contributed by atoms with E-state index in [9.17, 15) is 15.0 Å². The van der Waals surface area contributed by atoms with Crippen LogP contribution in [0.25, 0.3) is 0 Å². The maximum atomic E-state index is 11.6. The van der Waals surface area contributed by atoms with Crippen LogP contribution in [0.4, 0.5) is 10.5 Å². The van der Waals surface area contributed by atoms with Crippen molar-refractivity contribution in [3.05, 3.63) is 23.8 Å². The topological polar surface area (TPSA) is 79.2 Å². The second-order valence-corrected chi connectivity index (χ2v) is 7.36. The Balaban J connectivity index is 2.26. The fourth-order valence-electron chi connectivity index (χ4n) is 2.23. The molecule has 6 nitrogen and oxygen atoms in total. The Kier molecular flexibility index (Phi) is 4.59. The molecule has 0 bridgehead atoms. The molecule has 1 aliphatic heterocycles. The molecule has 1 heterocycles. The minimum atomic E-state index is -1.11. The Hall–Kier alpha value is -1.79. The average molecular weight is 323 g/mol. The number of hydrogen-bond donors (Lipinski definition) is 2. The van der Waals surface area contributed by atoms with E-state index in [4.69, 9.17) is 9.47 Å². The molecule has 1 atom stereocenters. The molecule has 1 aromatic rings. The predicted octanol–water partition coefficient (Wildman–Crippen LogP) is 3.22. The molecular weight excluding hydrogens is 298 g/mol. The average Bonchev–Trinajstić information content (AvgIpc) is 2.41. The number of amides is 1. The zero-order valence-electron chi connectivity index (χ0n) is 14.3. The first-order valence-corrected chi connectivity index (χ1v) is 7.64. The number of ether oxygens (including phenoxy) is 2. The third-order valence-electron chi connectivity index (χ3n) is 3.87. The zero-order valence-corrected chi connectivity index (χ0v) is 14.3. The van der Waals surface area contributed by atoms with Crippen molar-refractivity contribution in [2.24, 2.45) is 5.41 Å². The van der Waals surface area contributed by atoms with Crippen molar-refractivity contribution >= 4 is 11.8 Å². The quantitative estimate of drug-likeness (QED) is 0.893. The standard InChI is InChI=1S/C17H25NO5/c1-16(2,3)14(19)9-18(15(20)21)12-6-7-13-11(8-12)10-22-17(4,5)23-13/h6-8,14,19H,9-10H2,1-5H3,(H,20,21). The maximum absolute atomic E-state index is 11.6. The first-order valence-electron chi connectivity index (χ1n) is 7.64. The molecule has 1 amide bonds. The van der Waals surface area contributed by atoms with Gasteiger partial charge in [-0.25, -0.2) is 4.79 Å². The number of carboxylic acid groups (broad SMARTS) is 1. The molecule has 1 aliphatic rings. The molecule has 6 heteroatoms. The second-order valence-electron chi connectivity index (χ2n) is 7.36. The highest BCUT2D eigenvalue weighted by Gasteiger charge is 2.30. The number of aliphatic hydroxyl groups excluding tert-OH is 1. The van der Waals surface area contributed by atoms with E-state index >= 15 is 0 Å². The Morgan fingerprint density at radius 1 is 1.39 bits per heavy atom. The van der Waals surface area contributed by atoms with Gasteiger partial charge in [-0.15, -0.1) is 0 Å². The van der Waals surface area contributed by atoms with Gasteiger partial charge in [0.1, 0.15) is 5.75 Å². The Morgan fingerprint density at radius 2 is 2.04 bits per heavy atom. The fourth-order valence-corrected chi connectivity index (χ4v) is 2.23. The van der Waals surface area contributed by atoms with E-state index in [1.165, 1.54) is 0 Å². The van der Waals surface area contributed by atoms with Crippen molar-refractivity contribution in [2.75, 3.05) is 11.4 Å². The number of carbonyl (C=O) groups is 1. The molecular formula is C17H25NO5. The first-order chi connectivity index (χ1) is 10.5. The van der Waals surface area contributed by atoms with Crippen molar-refractivity contribution in [3.63, 3.8) is 0 Å². The number of rotatable bonds is 3. The summed E-state index contributed by atoms with van der Waals surface area (Å²) in [6.45, 7) is 9.62. The van der Waals surface area contributed by atoms with Gasteiger partial charge < -0.3 is 19.7 Å². The minimum Gasteiger partial charge on any atom is -0.465 e. The Labute approximate surface area is 136 Å². The summed E-state index contributed by atoms with van der Waals surface area (Å²) < 4.78 is 11.3. The molecule has 1 unspecified atom stereocenters. The molecule has 0 aliphatic carbocycles. The molecule has 0 saturated heterocycles. The van der Waals surface area contributed by atoms with Crippen LogP contribution in [-0.2, 0) is 11.3 Å². The lowest BCUT2D eigenvalue weighted by molar-refractivity contribution is -0.180. The molecule has 0 spiro atoms. The third-order valence-corrected chi connectivity index (χ3v) is 3.87. The predicted molar refractivity (Wildman–Crippen MR) is 86.8 cm³/mol. The highest BCUT2D eigenvalue weighted by atomic mass is 16.7.